The maximum Gasteiger partial charge on any atom is 0.418 e. The van der Waals surface area contributed by atoms with E-state index in [1.807, 2.05) is 36.4 Å². The van der Waals surface area contributed by atoms with Crippen LogP contribution in [0.15, 0.2) is 65.7 Å². The number of fused-ring (bicyclic) bond motifs is 1. The average Bonchev–Trinajstić information content (AvgIpc) is 3.43. The Hall–Kier alpha value is -3.57. The van der Waals surface area contributed by atoms with Crippen LogP contribution in [0.3, 0.4) is 0 Å². The highest BCUT2D eigenvalue weighted by atomic mass is 35.5. The standard InChI is InChI=1S/C21H12ClF3N6OS/c22-13-6-7-16(14(8-13)21(23,24)25)31-18(27-28-29-31)10-30-11-26-15-9-17(33-19(15)20(30)32)12-4-2-1-3-5-12/h1-9,11H,10H2. The van der Waals surface area contributed by atoms with E-state index in [9.17, 15) is 18.0 Å². The second-order valence-corrected chi connectivity index (χ2v) is 8.52. The molecule has 5 aromatic rings. The molecule has 0 unspecified atom stereocenters. The van der Waals surface area contributed by atoms with Crippen LogP contribution in [0.5, 0.6) is 0 Å². The van der Waals surface area contributed by atoms with Crippen LogP contribution in [0.25, 0.3) is 26.3 Å². The fraction of sp³-hybridized carbons (Fsp3) is 0.0952. The molecule has 166 valence electrons. The third-order valence-electron chi connectivity index (χ3n) is 4.90. The van der Waals surface area contributed by atoms with Crippen molar-refractivity contribution in [3.8, 4) is 16.1 Å². The fourth-order valence-electron chi connectivity index (χ4n) is 3.37. The summed E-state index contributed by atoms with van der Waals surface area (Å²) in [6.45, 7) is -0.173. The molecular formula is C21H12ClF3N6OS. The van der Waals surface area contributed by atoms with Gasteiger partial charge >= 0.3 is 6.18 Å². The highest BCUT2D eigenvalue weighted by Crippen LogP contribution is 2.35. The van der Waals surface area contributed by atoms with Crippen LogP contribution in [0.4, 0.5) is 13.2 Å². The molecular weight excluding hydrogens is 477 g/mol. The summed E-state index contributed by atoms with van der Waals surface area (Å²) in [5.41, 5.74) is -0.129. The molecule has 0 aliphatic carbocycles. The molecule has 5 rings (SSSR count). The van der Waals surface area contributed by atoms with Crippen molar-refractivity contribution in [2.45, 2.75) is 12.7 Å². The first-order chi connectivity index (χ1) is 15.8. The van der Waals surface area contributed by atoms with Crippen molar-refractivity contribution in [1.82, 2.24) is 29.8 Å². The van der Waals surface area contributed by atoms with Crippen LogP contribution in [0.2, 0.25) is 5.02 Å². The molecule has 0 amide bonds. The number of nitrogens with zero attached hydrogens (tertiary/aromatic N) is 6. The van der Waals surface area contributed by atoms with Gasteiger partial charge in [-0.2, -0.15) is 17.9 Å². The van der Waals surface area contributed by atoms with E-state index in [-0.39, 0.29) is 28.6 Å². The lowest BCUT2D eigenvalue weighted by Gasteiger charge is -2.14. The molecule has 0 N–H and O–H groups in total. The predicted molar refractivity (Wildman–Crippen MR) is 118 cm³/mol. The van der Waals surface area contributed by atoms with Crippen LogP contribution in [0, 0.1) is 0 Å². The number of thiophene rings is 1. The number of hydrogen-bond donors (Lipinski definition) is 0. The quantitative estimate of drug-likeness (QED) is 0.362. The molecule has 0 saturated heterocycles. The highest BCUT2D eigenvalue weighted by Gasteiger charge is 2.35. The molecule has 0 atom stereocenters. The SMILES string of the molecule is O=c1c2sc(-c3ccccc3)cc2ncn1Cc1nnnn1-c1ccc(Cl)cc1C(F)(F)F. The first-order valence-corrected chi connectivity index (χ1v) is 10.7. The van der Waals surface area contributed by atoms with Gasteiger partial charge in [0.1, 0.15) is 4.70 Å². The van der Waals surface area contributed by atoms with E-state index < -0.39 is 11.7 Å². The Morgan fingerprint density at radius 3 is 2.61 bits per heavy atom. The lowest BCUT2D eigenvalue weighted by molar-refractivity contribution is -0.137. The van der Waals surface area contributed by atoms with Gasteiger partial charge in [-0.1, -0.05) is 41.9 Å². The molecule has 7 nitrogen and oxygen atoms in total. The van der Waals surface area contributed by atoms with Gasteiger partial charge in [-0.3, -0.25) is 9.36 Å². The van der Waals surface area contributed by atoms with Crippen LogP contribution < -0.4 is 5.56 Å². The van der Waals surface area contributed by atoms with E-state index >= 15 is 0 Å². The molecule has 0 spiro atoms. The third kappa shape index (κ3) is 4.00. The van der Waals surface area contributed by atoms with Gasteiger partial charge in [0.15, 0.2) is 5.82 Å². The molecule has 0 radical (unpaired) electrons. The van der Waals surface area contributed by atoms with Gasteiger partial charge in [-0.15, -0.1) is 16.4 Å². The molecule has 12 heteroatoms. The smallest absolute Gasteiger partial charge is 0.290 e. The first kappa shape index (κ1) is 21.3. The lowest BCUT2D eigenvalue weighted by Crippen LogP contribution is -2.22. The van der Waals surface area contributed by atoms with E-state index in [2.05, 4.69) is 20.5 Å². The van der Waals surface area contributed by atoms with Crippen LogP contribution in [-0.4, -0.2) is 29.8 Å². The number of hydrogen-bond acceptors (Lipinski definition) is 6. The monoisotopic (exact) mass is 488 g/mol. The summed E-state index contributed by atoms with van der Waals surface area (Å²) in [4.78, 5) is 18.3. The van der Waals surface area contributed by atoms with Crippen molar-refractivity contribution < 1.29 is 13.2 Å². The Balaban J connectivity index is 1.55. The van der Waals surface area contributed by atoms with Crippen molar-refractivity contribution in [3.63, 3.8) is 0 Å². The molecule has 0 aliphatic rings. The molecule has 0 bridgehead atoms. The molecule has 0 aliphatic heterocycles. The Bertz CT molecular complexity index is 1530. The predicted octanol–water partition coefficient (Wildman–Crippen LogP) is 4.82. The van der Waals surface area contributed by atoms with E-state index in [1.165, 1.54) is 34.4 Å². The molecule has 3 heterocycles. The summed E-state index contributed by atoms with van der Waals surface area (Å²) in [7, 11) is 0. The lowest BCUT2D eigenvalue weighted by atomic mass is 10.1. The Kier molecular flexibility index (Phi) is 5.22. The molecule has 0 fully saturated rings. The van der Waals surface area contributed by atoms with E-state index in [0.29, 0.717) is 10.2 Å². The summed E-state index contributed by atoms with van der Waals surface area (Å²) in [5.74, 6) is 0.0333. The van der Waals surface area contributed by atoms with Gasteiger partial charge in [0.2, 0.25) is 0 Å². The Morgan fingerprint density at radius 1 is 1.06 bits per heavy atom. The number of benzene rings is 2. The number of tetrazole rings is 1. The summed E-state index contributed by atoms with van der Waals surface area (Å²) >= 11 is 7.06. The average molecular weight is 489 g/mol. The van der Waals surface area contributed by atoms with E-state index in [1.54, 1.807) is 0 Å². The third-order valence-corrected chi connectivity index (χ3v) is 6.30. The van der Waals surface area contributed by atoms with Gasteiger partial charge in [-0.05, 0) is 40.3 Å². The normalized spacial score (nSPS) is 11.9. The second kappa shape index (κ2) is 8.09. The van der Waals surface area contributed by atoms with E-state index in [4.69, 9.17) is 11.6 Å². The molecule has 0 saturated carbocycles. The summed E-state index contributed by atoms with van der Waals surface area (Å²) in [6, 6.07) is 14.7. The van der Waals surface area contributed by atoms with Crippen molar-refractivity contribution in [2.24, 2.45) is 0 Å². The first-order valence-electron chi connectivity index (χ1n) is 9.50. The molecule has 2 aromatic carbocycles. The van der Waals surface area contributed by atoms with Gasteiger partial charge in [0, 0.05) is 9.90 Å². The minimum absolute atomic E-state index is 0.0333. The van der Waals surface area contributed by atoms with Gasteiger partial charge in [0.05, 0.1) is 29.6 Å². The fourth-order valence-corrected chi connectivity index (χ4v) is 4.60. The second-order valence-electron chi connectivity index (χ2n) is 7.03. The van der Waals surface area contributed by atoms with E-state index in [0.717, 1.165) is 21.2 Å². The van der Waals surface area contributed by atoms with Gasteiger partial charge in [0.25, 0.3) is 5.56 Å². The maximum absolute atomic E-state index is 13.6. The summed E-state index contributed by atoms with van der Waals surface area (Å²) < 4.78 is 43.3. The maximum atomic E-state index is 13.6. The number of alkyl halides is 3. The molecule has 3 aromatic heterocycles. The zero-order chi connectivity index (χ0) is 23.2. The Morgan fingerprint density at radius 2 is 1.85 bits per heavy atom. The largest absolute Gasteiger partial charge is 0.418 e. The Labute approximate surface area is 192 Å². The molecule has 33 heavy (non-hydrogen) atoms. The minimum Gasteiger partial charge on any atom is -0.290 e. The highest BCUT2D eigenvalue weighted by molar-refractivity contribution is 7.22. The number of halogens is 4. The van der Waals surface area contributed by atoms with Gasteiger partial charge in [-0.25, -0.2) is 4.98 Å². The van der Waals surface area contributed by atoms with Crippen LogP contribution >= 0.6 is 22.9 Å². The zero-order valence-electron chi connectivity index (χ0n) is 16.5. The van der Waals surface area contributed by atoms with Crippen molar-refractivity contribution in [3.05, 3.63) is 87.7 Å². The summed E-state index contributed by atoms with van der Waals surface area (Å²) in [6.07, 6.45) is -3.34. The van der Waals surface area contributed by atoms with Crippen LogP contribution in [-0.2, 0) is 12.7 Å². The van der Waals surface area contributed by atoms with Crippen molar-refractivity contribution in [1.29, 1.82) is 0 Å². The minimum atomic E-state index is -4.68. The number of rotatable bonds is 4. The van der Waals surface area contributed by atoms with Crippen molar-refractivity contribution in [2.75, 3.05) is 0 Å². The number of aromatic nitrogens is 6. The summed E-state index contributed by atoms with van der Waals surface area (Å²) in [5, 5.41) is 11.0. The van der Waals surface area contributed by atoms with Crippen molar-refractivity contribution >= 4 is 33.2 Å². The van der Waals surface area contributed by atoms with Gasteiger partial charge < -0.3 is 0 Å². The van der Waals surface area contributed by atoms with Crippen LogP contribution in [0.1, 0.15) is 11.4 Å². The topological polar surface area (TPSA) is 78.5 Å². The zero-order valence-corrected chi connectivity index (χ0v) is 18.1.